The molecule has 0 atom stereocenters. The largest absolute Gasteiger partial charge is 0.504 e. The third-order valence-corrected chi connectivity index (χ3v) is 2.20. The van der Waals surface area contributed by atoms with Gasteiger partial charge in [0.25, 0.3) is 0 Å². The number of rotatable bonds is 3. The number of aromatic nitrogens is 2. The van der Waals surface area contributed by atoms with Crippen LogP contribution in [0.3, 0.4) is 0 Å². The van der Waals surface area contributed by atoms with Crippen molar-refractivity contribution in [2.75, 3.05) is 0 Å². The molecular weight excluding hydrogens is 208 g/mol. The first kappa shape index (κ1) is 10.2. The fourth-order valence-corrected chi connectivity index (χ4v) is 1.47. The van der Waals surface area contributed by atoms with Crippen molar-refractivity contribution in [1.29, 1.82) is 0 Å². The van der Waals surface area contributed by atoms with Crippen molar-refractivity contribution in [2.24, 2.45) is 0 Å². The van der Waals surface area contributed by atoms with Gasteiger partial charge in [-0.15, -0.1) is 0 Å². The van der Waals surface area contributed by atoms with Gasteiger partial charge >= 0.3 is 5.97 Å². The smallest absolute Gasteiger partial charge is 0.358 e. The Kier molecular flexibility index (Phi) is 2.59. The van der Waals surface area contributed by atoms with Crippen molar-refractivity contribution in [2.45, 2.75) is 6.54 Å². The van der Waals surface area contributed by atoms with E-state index in [9.17, 15) is 9.90 Å². The SMILES string of the molecule is O=C(O)c1c(O)cnn1Cc1ccccc1. The summed E-state index contributed by atoms with van der Waals surface area (Å²) in [5.41, 5.74) is 0.733. The van der Waals surface area contributed by atoms with Gasteiger partial charge in [0, 0.05) is 0 Å². The van der Waals surface area contributed by atoms with Gasteiger partial charge in [-0.2, -0.15) is 5.10 Å². The number of aromatic carboxylic acids is 1. The van der Waals surface area contributed by atoms with E-state index >= 15 is 0 Å². The predicted octanol–water partition coefficient (Wildman–Crippen LogP) is 1.34. The maximum absolute atomic E-state index is 10.9. The Labute approximate surface area is 91.6 Å². The zero-order valence-electron chi connectivity index (χ0n) is 8.37. The molecule has 0 amide bonds. The van der Waals surface area contributed by atoms with Crippen LogP contribution in [0.5, 0.6) is 5.75 Å². The van der Waals surface area contributed by atoms with E-state index in [1.54, 1.807) is 0 Å². The van der Waals surface area contributed by atoms with Gasteiger partial charge in [0.2, 0.25) is 0 Å². The first-order valence-electron chi connectivity index (χ1n) is 4.70. The molecule has 2 rings (SSSR count). The lowest BCUT2D eigenvalue weighted by Gasteiger charge is -2.04. The third-order valence-electron chi connectivity index (χ3n) is 2.20. The van der Waals surface area contributed by atoms with Gasteiger partial charge in [-0.05, 0) is 5.56 Å². The molecule has 1 heterocycles. The van der Waals surface area contributed by atoms with Crippen molar-refractivity contribution in [3.8, 4) is 5.75 Å². The number of hydrogen-bond donors (Lipinski definition) is 2. The van der Waals surface area contributed by atoms with Crippen LogP contribution in [0.1, 0.15) is 16.1 Å². The van der Waals surface area contributed by atoms with E-state index in [0.717, 1.165) is 11.8 Å². The molecule has 0 aliphatic rings. The second-order valence-electron chi connectivity index (χ2n) is 3.33. The van der Waals surface area contributed by atoms with Crippen LogP contribution in [0.15, 0.2) is 36.5 Å². The average Bonchev–Trinajstić information content (AvgIpc) is 2.61. The summed E-state index contributed by atoms with van der Waals surface area (Å²) in [5, 5.41) is 22.0. The van der Waals surface area contributed by atoms with Crippen molar-refractivity contribution in [3.63, 3.8) is 0 Å². The van der Waals surface area contributed by atoms with Gasteiger partial charge < -0.3 is 10.2 Å². The summed E-state index contributed by atoms with van der Waals surface area (Å²) in [4.78, 5) is 10.9. The minimum absolute atomic E-state index is 0.191. The van der Waals surface area contributed by atoms with E-state index < -0.39 is 5.97 Å². The fraction of sp³-hybridized carbons (Fsp3) is 0.0909. The monoisotopic (exact) mass is 218 g/mol. The second kappa shape index (κ2) is 4.06. The van der Waals surface area contributed by atoms with Crippen molar-refractivity contribution < 1.29 is 15.0 Å². The lowest BCUT2D eigenvalue weighted by molar-refractivity contribution is 0.0680. The Morgan fingerprint density at radius 1 is 1.31 bits per heavy atom. The number of carboxylic acids is 1. The molecule has 0 unspecified atom stereocenters. The Morgan fingerprint density at radius 2 is 2.00 bits per heavy atom. The molecule has 0 fully saturated rings. The van der Waals surface area contributed by atoms with Gasteiger partial charge in [-0.3, -0.25) is 4.68 Å². The van der Waals surface area contributed by atoms with Crippen molar-refractivity contribution >= 4 is 5.97 Å². The topological polar surface area (TPSA) is 75.3 Å². The lowest BCUT2D eigenvalue weighted by atomic mass is 10.2. The quantitative estimate of drug-likeness (QED) is 0.815. The van der Waals surface area contributed by atoms with E-state index in [1.165, 1.54) is 4.68 Å². The number of benzene rings is 1. The predicted molar refractivity (Wildman–Crippen MR) is 56.4 cm³/mol. The molecule has 1 aromatic heterocycles. The number of hydrogen-bond acceptors (Lipinski definition) is 3. The zero-order chi connectivity index (χ0) is 11.5. The summed E-state index contributed by atoms with van der Waals surface area (Å²) in [5.74, 6) is -1.51. The normalized spacial score (nSPS) is 10.2. The number of carboxylic acid groups (broad SMARTS) is 1. The van der Waals surface area contributed by atoms with Gasteiger partial charge in [-0.25, -0.2) is 4.79 Å². The maximum atomic E-state index is 10.9. The molecule has 0 saturated carbocycles. The lowest BCUT2D eigenvalue weighted by Crippen LogP contribution is -2.10. The van der Waals surface area contributed by atoms with E-state index in [2.05, 4.69) is 5.10 Å². The van der Waals surface area contributed by atoms with Crippen LogP contribution in [-0.4, -0.2) is 26.0 Å². The molecule has 0 spiro atoms. The fourth-order valence-electron chi connectivity index (χ4n) is 1.47. The van der Waals surface area contributed by atoms with Crippen molar-refractivity contribution in [3.05, 3.63) is 47.8 Å². The van der Waals surface area contributed by atoms with Gasteiger partial charge in [-0.1, -0.05) is 30.3 Å². The van der Waals surface area contributed by atoms with Crippen LogP contribution < -0.4 is 0 Å². The van der Waals surface area contributed by atoms with E-state index in [1.807, 2.05) is 30.3 Å². The first-order valence-corrected chi connectivity index (χ1v) is 4.70. The van der Waals surface area contributed by atoms with Crippen LogP contribution in [-0.2, 0) is 6.54 Å². The highest BCUT2D eigenvalue weighted by Crippen LogP contribution is 2.16. The van der Waals surface area contributed by atoms with Gasteiger partial charge in [0.1, 0.15) is 0 Å². The molecule has 1 aromatic carbocycles. The van der Waals surface area contributed by atoms with Crippen molar-refractivity contribution in [1.82, 2.24) is 9.78 Å². The highest BCUT2D eigenvalue weighted by Gasteiger charge is 2.16. The molecule has 82 valence electrons. The average molecular weight is 218 g/mol. The molecule has 0 aliphatic heterocycles. The molecular formula is C11H10N2O3. The van der Waals surface area contributed by atoms with Crippen LogP contribution in [0, 0.1) is 0 Å². The molecule has 0 aliphatic carbocycles. The Hall–Kier alpha value is -2.30. The Bertz CT molecular complexity index is 505. The number of aromatic hydroxyl groups is 1. The molecule has 2 N–H and O–H groups in total. The molecule has 16 heavy (non-hydrogen) atoms. The zero-order valence-corrected chi connectivity index (χ0v) is 8.37. The Morgan fingerprint density at radius 3 is 2.62 bits per heavy atom. The summed E-state index contributed by atoms with van der Waals surface area (Å²) in [6.07, 6.45) is 1.13. The molecule has 0 radical (unpaired) electrons. The van der Waals surface area contributed by atoms with E-state index in [-0.39, 0.29) is 11.4 Å². The number of nitrogens with zero attached hydrogens (tertiary/aromatic N) is 2. The highest BCUT2D eigenvalue weighted by molar-refractivity contribution is 5.88. The standard InChI is InChI=1S/C11H10N2O3/c14-9-6-12-13(10(9)11(15)16)7-8-4-2-1-3-5-8/h1-6,14H,7H2,(H,15,16). The minimum Gasteiger partial charge on any atom is -0.504 e. The summed E-state index contributed by atoms with van der Waals surface area (Å²) in [6, 6.07) is 9.33. The van der Waals surface area contributed by atoms with Gasteiger partial charge in [0.05, 0.1) is 12.7 Å². The van der Waals surface area contributed by atoms with Gasteiger partial charge in [0.15, 0.2) is 11.4 Å². The van der Waals surface area contributed by atoms with E-state index in [4.69, 9.17) is 5.11 Å². The second-order valence-corrected chi connectivity index (χ2v) is 3.33. The third kappa shape index (κ3) is 1.88. The van der Waals surface area contributed by atoms with Crippen LogP contribution in [0.2, 0.25) is 0 Å². The summed E-state index contributed by atoms with van der Waals surface area (Å²) in [7, 11) is 0. The molecule has 5 nitrogen and oxygen atoms in total. The highest BCUT2D eigenvalue weighted by atomic mass is 16.4. The van der Waals surface area contributed by atoms with Crippen LogP contribution in [0.25, 0.3) is 0 Å². The molecule has 2 aromatic rings. The van der Waals surface area contributed by atoms with Crippen LogP contribution >= 0.6 is 0 Å². The molecule has 5 heteroatoms. The summed E-state index contributed by atoms with van der Waals surface area (Å²) >= 11 is 0. The first-order chi connectivity index (χ1) is 7.68. The minimum atomic E-state index is -1.19. The Balaban J connectivity index is 2.32. The number of carbonyl (C=O) groups is 1. The van der Waals surface area contributed by atoms with Crippen LogP contribution in [0.4, 0.5) is 0 Å². The van der Waals surface area contributed by atoms with E-state index in [0.29, 0.717) is 6.54 Å². The summed E-state index contributed by atoms with van der Waals surface area (Å²) < 4.78 is 1.26. The molecule has 0 saturated heterocycles. The maximum Gasteiger partial charge on any atom is 0.358 e. The summed E-state index contributed by atoms with van der Waals surface area (Å²) in [6.45, 7) is 0.322. The molecule has 0 bridgehead atoms.